The molecule has 1 N–H and O–H groups in total. The molecular formula is C10H10NO. The normalized spacial score (nSPS) is 10.8. The number of phenolic OH excluding ortho intramolecular Hbond substituents is 1. The van der Waals surface area contributed by atoms with Crippen molar-refractivity contribution in [2.45, 2.75) is 0 Å². The average Bonchev–Trinajstić information content (AvgIpc) is 2.29. The molecule has 0 fully saturated rings. The summed E-state index contributed by atoms with van der Waals surface area (Å²) in [5.74, 6) is 0.304. The van der Waals surface area contributed by atoms with Crippen LogP contribution in [-0.4, -0.2) is 9.67 Å². The molecule has 2 aromatic rings. The van der Waals surface area contributed by atoms with Gasteiger partial charge in [-0.2, -0.15) is 0 Å². The molecular weight excluding hydrogens is 150 g/mol. The number of hydrogen-bond donors (Lipinski definition) is 1. The van der Waals surface area contributed by atoms with Gasteiger partial charge in [0.1, 0.15) is 5.75 Å². The van der Waals surface area contributed by atoms with Gasteiger partial charge in [0.25, 0.3) is 0 Å². The van der Waals surface area contributed by atoms with E-state index in [2.05, 4.69) is 6.92 Å². The van der Waals surface area contributed by atoms with E-state index in [0.29, 0.717) is 5.75 Å². The number of phenols is 1. The molecule has 0 aliphatic heterocycles. The maximum Gasteiger partial charge on any atom is 0.125 e. The summed E-state index contributed by atoms with van der Waals surface area (Å²) in [6.07, 6.45) is 1.91. The first-order valence-corrected chi connectivity index (χ1v) is 3.79. The highest BCUT2D eigenvalue weighted by Gasteiger charge is 2.05. The summed E-state index contributed by atoms with van der Waals surface area (Å²) >= 11 is 0. The zero-order valence-electron chi connectivity index (χ0n) is 6.91. The number of aryl methyl sites for hydroxylation is 1. The Morgan fingerprint density at radius 2 is 2.17 bits per heavy atom. The van der Waals surface area contributed by atoms with Crippen molar-refractivity contribution in [3.05, 3.63) is 36.9 Å². The molecule has 0 unspecified atom stereocenters. The van der Waals surface area contributed by atoms with Gasteiger partial charge in [-0.05, 0) is 24.6 Å². The van der Waals surface area contributed by atoms with Crippen LogP contribution >= 0.6 is 0 Å². The van der Waals surface area contributed by atoms with Gasteiger partial charge in [0.2, 0.25) is 0 Å². The van der Waals surface area contributed by atoms with Gasteiger partial charge in [-0.1, -0.05) is 6.07 Å². The summed E-state index contributed by atoms with van der Waals surface area (Å²) in [5.41, 5.74) is 1.88. The van der Waals surface area contributed by atoms with Crippen LogP contribution < -0.4 is 0 Å². The zero-order valence-corrected chi connectivity index (χ0v) is 6.91. The molecule has 1 heterocycles. The first-order valence-electron chi connectivity index (χ1n) is 3.79. The van der Waals surface area contributed by atoms with Crippen LogP contribution in [0, 0.1) is 6.92 Å². The third kappa shape index (κ3) is 0.811. The molecule has 1 aromatic heterocycles. The molecule has 0 spiro atoms. The lowest BCUT2D eigenvalue weighted by Crippen LogP contribution is -1.82. The van der Waals surface area contributed by atoms with Gasteiger partial charge < -0.3 is 9.67 Å². The van der Waals surface area contributed by atoms with Crippen LogP contribution in [0.3, 0.4) is 0 Å². The second-order valence-electron chi connectivity index (χ2n) is 2.94. The topological polar surface area (TPSA) is 25.2 Å². The fourth-order valence-corrected chi connectivity index (χ4v) is 1.52. The molecule has 0 bridgehead atoms. The van der Waals surface area contributed by atoms with Gasteiger partial charge >= 0.3 is 0 Å². The monoisotopic (exact) mass is 160 g/mol. The van der Waals surface area contributed by atoms with Crippen molar-refractivity contribution >= 4 is 10.9 Å². The van der Waals surface area contributed by atoms with Gasteiger partial charge in [-0.25, -0.2) is 0 Å². The molecule has 0 aliphatic carbocycles. The minimum atomic E-state index is 0.304. The zero-order chi connectivity index (χ0) is 8.72. The van der Waals surface area contributed by atoms with Crippen LogP contribution in [0.1, 0.15) is 5.56 Å². The van der Waals surface area contributed by atoms with Crippen LogP contribution in [0.2, 0.25) is 0 Å². The fraction of sp³-hybridized carbons (Fsp3) is 0.100. The molecule has 12 heavy (non-hydrogen) atoms. The van der Waals surface area contributed by atoms with E-state index in [1.165, 1.54) is 0 Å². The molecule has 0 amide bonds. The minimum absolute atomic E-state index is 0.304. The Balaban J connectivity index is 2.99. The van der Waals surface area contributed by atoms with Gasteiger partial charge in [-0.3, -0.25) is 0 Å². The van der Waals surface area contributed by atoms with E-state index in [-0.39, 0.29) is 0 Å². The maximum absolute atomic E-state index is 9.51. The van der Waals surface area contributed by atoms with Crippen LogP contribution in [0.25, 0.3) is 10.9 Å². The summed E-state index contributed by atoms with van der Waals surface area (Å²) in [6, 6.07) is 5.47. The second kappa shape index (κ2) is 2.27. The molecule has 2 rings (SSSR count). The van der Waals surface area contributed by atoms with Gasteiger partial charge in [-0.15, -0.1) is 0 Å². The first kappa shape index (κ1) is 7.22. The number of aromatic nitrogens is 1. The SMILES string of the molecule is [CH2]c1cn(C)c2cccc(O)c12. The number of aromatic hydroxyl groups is 1. The molecule has 1 aromatic carbocycles. The van der Waals surface area contributed by atoms with Crippen molar-refractivity contribution in [3.8, 4) is 5.75 Å². The summed E-state index contributed by atoms with van der Waals surface area (Å²) < 4.78 is 1.96. The lowest BCUT2D eigenvalue weighted by molar-refractivity contribution is 0.481. The van der Waals surface area contributed by atoms with E-state index in [1.807, 2.05) is 29.9 Å². The lowest BCUT2D eigenvalue weighted by Gasteiger charge is -1.96. The molecule has 1 radical (unpaired) electrons. The van der Waals surface area contributed by atoms with E-state index >= 15 is 0 Å². The van der Waals surface area contributed by atoms with Crippen molar-refractivity contribution in [2.24, 2.45) is 7.05 Å². The maximum atomic E-state index is 9.51. The molecule has 61 valence electrons. The number of nitrogens with zero attached hydrogens (tertiary/aromatic N) is 1. The third-order valence-electron chi connectivity index (χ3n) is 2.07. The van der Waals surface area contributed by atoms with Gasteiger partial charge in [0.15, 0.2) is 0 Å². The average molecular weight is 160 g/mol. The van der Waals surface area contributed by atoms with Crippen LogP contribution in [0.5, 0.6) is 5.75 Å². The predicted molar refractivity (Wildman–Crippen MR) is 49.0 cm³/mol. The predicted octanol–water partition coefficient (Wildman–Crippen LogP) is 2.07. The Labute approximate surface area is 71.1 Å². The van der Waals surface area contributed by atoms with Crippen molar-refractivity contribution in [1.82, 2.24) is 4.57 Å². The Bertz CT molecular complexity index is 429. The Hall–Kier alpha value is -1.44. The van der Waals surface area contributed by atoms with Gasteiger partial charge in [0, 0.05) is 18.6 Å². The summed E-state index contributed by atoms with van der Waals surface area (Å²) in [7, 11) is 1.94. The molecule has 0 saturated heterocycles. The van der Waals surface area contributed by atoms with Crippen LogP contribution in [0.15, 0.2) is 24.4 Å². The number of hydrogen-bond acceptors (Lipinski definition) is 1. The van der Waals surface area contributed by atoms with Gasteiger partial charge in [0.05, 0.1) is 5.52 Å². The van der Waals surface area contributed by atoms with Crippen molar-refractivity contribution in [3.63, 3.8) is 0 Å². The van der Waals surface area contributed by atoms with E-state index in [0.717, 1.165) is 16.5 Å². The highest BCUT2D eigenvalue weighted by Crippen LogP contribution is 2.28. The molecule has 0 saturated carbocycles. The lowest BCUT2D eigenvalue weighted by atomic mass is 10.2. The number of benzene rings is 1. The first-order chi connectivity index (χ1) is 5.70. The second-order valence-corrected chi connectivity index (χ2v) is 2.94. The van der Waals surface area contributed by atoms with E-state index in [9.17, 15) is 5.11 Å². The quantitative estimate of drug-likeness (QED) is 0.627. The minimum Gasteiger partial charge on any atom is -0.507 e. The van der Waals surface area contributed by atoms with Crippen molar-refractivity contribution in [1.29, 1.82) is 0 Å². The summed E-state index contributed by atoms with van der Waals surface area (Å²) in [4.78, 5) is 0. The highest BCUT2D eigenvalue weighted by atomic mass is 16.3. The molecule has 0 aliphatic rings. The summed E-state index contributed by atoms with van der Waals surface area (Å²) in [5, 5.41) is 10.4. The van der Waals surface area contributed by atoms with E-state index < -0.39 is 0 Å². The van der Waals surface area contributed by atoms with Crippen molar-refractivity contribution < 1.29 is 5.11 Å². The Morgan fingerprint density at radius 1 is 1.42 bits per heavy atom. The molecule has 2 heteroatoms. The van der Waals surface area contributed by atoms with E-state index in [4.69, 9.17) is 0 Å². The van der Waals surface area contributed by atoms with Crippen molar-refractivity contribution in [2.75, 3.05) is 0 Å². The smallest absolute Gasteiger partial charge is 0.125 e. The number of fused-ring (bicyclic) bond motifs is 1. The van der Waals surface area contributed by atoms with Crippen LogP contribution in [0.4, 0.5) is 0 Å². The third-order valence-corrected chi connectivity index (χ3v) is 2.07. The Kier molecular flexibility index (Phi) is 1.37. The summed E-state index contributed by atoms with van der Waals surface area (Å²) in [6.45, 7) is 3.85. The largest absolute Gasteiger partial charge is 0.507 e. The fourth-order valence-electron chi connectivity index (χ4n) is 1.52. The Morgan fingerprint density at radius 3 is 2.83 bits per heavy atom. The standard InChI is InChI=1S/C10H10NO/c1-7-6-11(2)8-4-3-5-9(12)10(7)8/h3-6,12H,1H2,2H3. The van der Waals surface area contributed by atoms with E-state index in [1.54, 1.807) is 6.07 Å². The molecule has 2 nitrogen and oxygen atoms in total. The molecule has 0 atom stereocenters. The highest BCUT2D eigenvalue weighted by molar-refractivity contribution is 5.90. The van der Waals surface area contributed by atoms with Crippen LogP contribution in [-0.2, 0) is 7.05 Å². The number of rotatable bonds is 0.